The van der Waals surface area contributed by atoms with E-state index in [1.165, 1.54) is 103 Å². The summed E-state index contributed by atoms with van der Waals surface area (Å²) in [6.45, 7) is 14.4. The van der Waals surface area contributed by atoms with E-state index in [0.29, 0.717) is 0 Å². The van der Waals surface area contributed by atoms with Gasteiger partial charge in [0.2, 0.25) is 8.40 Å². The quantitative estimate of drug-likeness (QED) is 0.298. The van der Waals surface area contributed by atoms with Crippen LogP contribution in [-0.4, -0.2) is 109 Å². The highest BCUT2D eigenvalue weighted by Crippen LogP contribution is 2.27. The Balaban J connectivity index is 1.65. The van der Waals surface area contributed by atoms with Crippen LogP contribution in [0.15, 0.2) is 30.3 Å². The van der Waals surface area contributed by atoms with Crippen molar-refractivity contribution < 1.29 is 4.43 Å². The summed E-state index contributed by atoms with van der Waals surface area (Å²) in [6.07, 6.45) is 8.25. The van der Waals surface area contributed by atoms with Crippen molar-refractivity contribution in [1.29, 1.82) is 0 Å². The fourth-order valence-electron chi connectivity index (χ4n) is 5.81. The van der Waals surface area contributed by atoms with E-state index in [1.807, 2.05) is 7.11 Å². The maximum absolute atomic E-state index is 5.72. The standard InChI is InChI=1S/C27H52N4OSi2/c1-28-17-21-30(22-18-28)34(27-15-11-10-12-16-27,31-23-19-29(2)20-24-31)26-14-9-7-6-8-13-25-33(4,5)32-3/h10-12,15-16H,6-9,13-14,17-26H2,1-5H3. The largest absolute Gasteiger partial charge is 0.420 e. The molecule has 34 heavy (non-hydrogen) atoms. The van der Waals surface area contributed by atoms with E-state index in [0.717, 1.165) is 0 Å². The smallest absolute Gasteiger partial charge is 0.239 e. The van der Waals surface area contributed by atoms with Gasteiger partial charge in [0.15, 0.2) is 8.32 Å². The molecule has 3 rings (SSSR count). The van der Waals surface area contributed by atoms with Crippen LogP contribution in [0, 0.1) is 0 Å². The van der Waals surface area contributed by atoms with Crippen molar-refractivity contribution in [3.63, 3.8) is 0 Å². The molecule has 2 fully saturated rings. The Morgan fingerprint density at radius 1 is 0.647 bits per heavy atom. The zero-order valence-electron chi connectivity index (χ0n) is 22.9. The van der Waals surface area contributed by atoms with E-state index >= 15 is 0 Å². The van der Waals surface area contributed by atoms with Gasteiger partial charge in [-0.15, -0.1) is 0 Å². The number of unbranched alkanes of at least 4 members (excludes halogenated alkanes) is 5. The SMILES string of the molecule is CO[Si](C)(C)CCCCCCCC[Si](c1ccccc1)(N1CCN(C)CC1)N1CCN(C)CC1. The maximum Gasteiger partial charge on any atom is 0.239 e. The number of piperazine rings is 2. The molecule has 1 aromatic rings. The molecule has 0 radical (unpaired) electrons. The summed E-state index contributed by atoms with van der Waals surface area (Å²) in [5.41, 5.74) is 0. The summed E-state index contributed by atoms with van der Waals surface area (Å²) in [4.78, 5) is 5.02. The van der Waals surface area contributed by atoms with E-state index in [4.69, 9.17) is 4.43 Å². The zero-order chi connectivity index (χ0) is 24.4. The van der Waals surface area contributed by atoms with Gasteiger partial charge in [-0.2, -0.15) is 0 Å². The lowest BCUT2D eigenvalue weighted by molar-refractivity contribution is 0.173. The second-order valence-corrected chi connectivity index (χ2v) is 19.8. The lowest BCUT2D eigenvalue weighted by Crippen LogP contribution is -2.76. The molecule has 2 aliphatic heterocycles. The number of nitrogens with zero attached hydrogens (tertiary/aromatic N) is 4. The van der Waals surface area contributed by atoms with Gasteiger partial charge >= 0.3 is 0 Å². The predicted molar refractivity (Wildman–Crippen MR) is 152 cm³/mol. The minimum atomic E-state index is -1.93. The molecule has 0 saturated carbocycles. The first-order valence-electron chi connectivity index (χ1n) is 13.9. The monoisotopic (exact) mass is 504 g/mol. The predicted octanol–water partition coefficient (Wildman–Crippen LogP) is 4.02. The van der Waals surface area contributed by atoms with Gasteiger partial charge in [-0.05, 0) is 44.5 Å². The van der Waals surface area contributed by atoms with Gasteiger partial charge in [0.1, 0.15) is 0 Å². The van der Waals surface area contributed by atoms with Crippen molar-refractivity contribution in [2.45, 2.75) is 63.7 Å². The van der Waals surface area contributed by atoms with Crippen LogP contribution < -0.4 is 5.19 Å². The van der Waals surface area contributed by atoms with Crippen molar-refractivity contribution in [2.24, 2.45) is 0 Å². The molecular formula is C27H52N4OSi2. The van der Waals surface area contributed by atoms with E-state index in [2.05, 4.69) is 76.5 Å². The minimum absolute atomic E-state index is 1.20. The van der Waals surface area contributed by atoms with Crippen LogP contribution in [0.25, 0.3) is 0 Å². The summed E-state index contributed by atoms with van der Waals surface area (Å²) < 4.78 is 11.7. The van der Waals surface area contributed by atoms with Gasteiger partial charge < -0.3 is 23.4 Å². The summed E-state index contributed by atoms with van der Waals surface area (Å²) >= 11 is 0. The Kier molecular flexibility index (Phi) is 11.3. The lowest BCUT2D eigenvalue weighted by atomic mass is 10.1. The van der Waals surface area contributed by atoms with Crippen LogP contribution in [0.2, 0.25) is 25.2 Å². The molecule has 0 bridgehead atoms. The zero-order valence-corrected chi connectivity index (χ0v) is 24.9. The van der Waals surface area contributed by atoms with Crippen LogP contribution >= 0.6 is 0 Å². The molecule has 0 aromatic heterocycles. The number of likely N-dealkylation sites (N-methyl/N-ethyl adjacent to an activating group) is 2. The summed E-state index contributed by atoms with van der Waals surface area (Å²) in [7, 11) is 3.16. The Morgan fingerprint density at radius 3 is 1.56 bits per heavy atom. The Morgan fingerprint density at radius 2 is 1.09 bits per heavy atom. The summed E-state index contributed by atoms with van der Waals surface area (Å²) in [5.74, 6) is 0. The molecule has 2 aliphatic rings. The van der Waals surface area contributed by atoms with Crippen molar-refractivity contribution in [1.82, 2.24) is 18.9 Å². The topological polar surface area (TPSA) is 22.2 Å². The molecule has 2 saturated heterocycles. The van der Waals surface area contributed by atoms with E-state index in [9.17, 15) is 0 Å². The van der Waals surface area contributed by atoms with Gasteiger partial charge in [-0.3, -0.25) is 0 Å². The summed E-state index contributed by atoms with van der Waals surface area (Å²) in [5, 5.41) is 1.65. The average molecular weight is 505 g/mol. The highest BCUT2D eigenvalue weighted by Gasteiger charge is 2.48. The lowest BCUT2D eigenvalue weighted by Gasteiger charge is -2.53. The van der Waals surface area contributed by atoms with Gasteiger partial charge in [-0.25, -0.2) is 0 Å². The van der Waals surface area contributed by atoms with E-state index in [1.54, 1.807) is 5.19 Å². The second-order valence-electron chi connectivity index (χ2n) is 11.3. The molecule has 0 N–H and O–H groups in total. The van der Waals surface area contributed by atoms with Gasteiger partial charge in [-0.1, -0.05) is 68.9 Å². The average Bonchev–Trinajstić information content (AvgIpc) is 2.85. The second kappa shape index (κ2) is 13.7. The normalized spacial score (nSPS) is 20.1. The molecule has 2 heterocycles. The molecule has 0 spiro atoms. The maximum atomic E-state index is 5.72. The summed E-state index contributed by atoms with van der Waals surface area (Å²) in [6, 6.07) is 14.4. The van der Waals surface area contributed by atoms with E-state index < -0.39 is 16.7 Å². The molecule has 0 unspecified atom stereocenters. The first kappa shape index (κ1) is 28.0. The third-order valence-corrected chi connectivity index (χ3v) is 16.4. The van der Waals surface area contributed by atoms with E-state index in [-0.39, 0.29) is 0 Å². The Labute approximate surface area is 212 Å². The van der Waals surface area contributed by atoms with Crippen LogP contribution in [0.5, 0.6) is 0 Å². The highest BCUT2D eigenvalue weighted by atomic mass is 28.4. The first-order chi connectivity index (χ1) is 16.4. The van der Waals surface area contributed by atoms with Gasteiger partial charge in [0.25, 0.3) is 0 Å². The van der Waals surface area contributed by atoms with Crippen LogP contribution in [-0.2, 0) is 4.43 Å². The molecule has 5 nitrogen and oxygen atoms in total. The van der Waals surface area contributed by atoms with Gasteiger partial charge in [0, 0.05) is 59.5 Å². The Hall–Kier alpha value is -0.546. The molecule has 1 aromatic carbocycles. The number of rotatable bonds is 13. The number of benzene rings is 1. The molecule has 0 atom stereocenters. The highest BCUT2D eigenvalue weighted by molar-refractivity contribution is 6.87. The molecule has 7 heteroatoms. The van der Waals surface area contributed by atoms with Crippen molar-refractivity contribution >= 4 is 21.9 Å². The van der Waals surface area contributed by atoms with Crippen LogP contribution in [0.4, 0.5) is 0 Å². The number of hydrogen-bond acceptors (Lipinski definition) is 5. The van der Waals surface area contributed by atoms with Crippen LogP contribution in [0.3, 0.4) is 0 Å². The third-order valence-electron chi connectivity index (χ3n) is 8.40. The first-order valence-corrected chi connectivity index (χ1v) is 19.1. The fourth-order valence-corrected chi connectivity index (χ4v) is 12.5. The van der Waals surface area contributed by atoms with Crippen LogP contribution in [0.1, 0.15) is 38.5 Å². The van der Waals surface area contributed by atoms with Crippen molar-refractivity contribution in [3.05, 3.63) is 30.3 Å². The molecule has 194 valence electrons. The molecule has 0 aliphatic carbocycles. The third kappa shape index (κ3) is 7.72. The molecule has 0 amide bonds. The van der Waals surface area contributed by atoms with Crippen molar-refractivity contribution in [2.75, 3.05) is 73.6 Å². The van der Waals surface area contributed by atoms with Gasteiger partial charge in [0.05, 0.1) is 0 Å². The fraction of sp³-hybridized carbons (Fsp3) is 0.778. The molecular weight excluding hydrogens is 452 g/mol. The van der Waals surface area contributed by atoms with Crippen molar-refractivity contribution in [3.8, 4) is 0 Å². The Bertz CT molecular complexity index is 667. The number of hydrogen-bond donors (Lipinski definition) is 0. The minimum Gasteiger partial charge on any atom is -0.420 e.